The Hall–Kier alpha value is -2.37. The average Bonchev–Trinajstić information content (AvgIpc) is 2.47. The normalized spacial score (nSPS) is 16.0. The van der Waals surface area contributed by atoms with E-state index in [1.54, 1.807) is 14.2 Å². The quantitative estimate of drug-likeness (QED) is 0.862. The van der Waals surface area contributed by atoms with E-state index in [9.17, 15) is 0 Å². The smallest absolute Gasteiger partial charge is 0.322 e. The van der Waals surface area contributed by atoms with E-state index in [1.807, 2.05) is 0 Å². The Morgan fingerprint density at radius 1 is 1.20 bits per heavy atom. The maximum Gasteiger partial charge on any atom is 0.322 e. The summed E-state index contributed by atoms with van der Waals surface area (Å²) in [7, 11) is 3.31. The molecule has 0 spiro atoms. The van der Waals surface area contributed by atoms with Crippen LogP contribution in [-0.4, -0.2) is 35.7 Å². The minimum Gasteiger partial charge on any atom is -0.467 e. The predicted octanol–water partition coefficient (Wildman–Crippen LogP) is 1.67. The van der Waals surface area contributed by atoms with E-state index in [0.29, 0.717) is 23.8 Å². The second-order valence-corrected chi connectivity index (χ2v) is 4.70. The summed E-state index contributed by atoms with van der Waals surface area (Å²) in [6.45, 7) is 0.813. The molecule has 2 aromatic rings. The number of methoxy groups -OCH3 is 1. The molecule has 0 saturated heterocycles. The van der Waals surface area contributed by atoms with Gasteiger partial charge in [0, 0.05) is 19.5 Å². The number of aromatic nitrogens is 3. The lowest BCUT2D eigenvalue weighted by Crippen LogP contribution is -2.25. The van der Waals surface area contributed by atoms with Crippen molar-refractivity contribution >= 4 is 11.9 Å². The largest absolute Gasteiger partial charge is 0.467 e. The molecule has 3 rings (SSSR count). The van der Waals surface area contributed by atoms with Crippen LogP contribution < -0.4 is 15.4 Å². The number of rotatable bonds is 5. The summed E-state index contributed by atoms with van der Waals surface area (Å²) in [5, 5.41) is 6.15. The topological polar surface area (TPSA) is 72.0 Å². The summed E-state index contributed by atoms with van der Waals surface area (Å²) in [6.07, 6.45) is 1.10. The van der Waals surface area contributed by atoms with Gasteiger partial charge in [-0.05, 0) is 17.5 Å². The Kier molecular flexibility index (Phi) is 3.37. The minimum atomic E-state index is 0.306. The van der Waals surface area contributed by atoms with Crippen LogP contribution in [0, 0.1) is 0 Å². The molecule has 6 nitrogen and oxygen atoms in total. The van der Waals surface area contributed by atoms with Crippen molar-refractivity contribution in [2.24, 2.45) is 0 Å². The van der Waals surface area contributed by atoms with Crippen molar-refractivity contribution in [2.45, 2.75) is 12.3 Å². The molecule has 0 saturated carbocycles. The second-order valence-electron chi connectivity index (χ2n) is 4.70. The molecule has 1 aromatic carbocycles. The van der Waals surface area contributed by atoms with Crippen molar-refractivity contribution in [3.05, 3.63) is 35.4 Å². The van der Waals surface area contributed by atoms with Crippen molar-refractivity contribution in [2.75, 3.05) is 31.3 Å². The molecule has 0 amide bonds. The molecule has 0 bridgehead atoms. The fourth-order valence-electron chi connectivity index (χ4n) is 2.40. The fraction of sp³-hybridized carbons (Fsp3) is 0.357. The summed E-state index contributed by atoms with van der Waals surface area (Å²) < 4.78 is 5.06. The van der Waals surface area contributed by atoms with Crippen LogP contribution in [-0.2, 0) is 6.42 Å². The van der Waals surface area contributed by atoms with E-state index in [1.165, 1.54) is 11.1 Å². The first kappa shape index (κ1) is 12.7. The third-order valence-corrected chi connectivity index (χ3v) is 3.49. The SMILES string of the molecule is CNc1nc(NCC2Cc3ccccc32)nc(OC)n1. The lowest BCUT2D eigenvalue weighted by Gasteiger charge is -2.30. The highest BCUT2D eigenvalue weighted by Crippen LogP contribution is 2.34. The Morgan fingerprint density at radius 2 is 2.00 bits per heavy atom. The van der Waals surface area contributed by atoms with Crippen LogP contribution in [0.2, 0.25) is 0 Å². The molecule has 1 unspecified atom stereocenters. The zero-order valence-electron chi connectivity index (χ0n) is 11.6. The van der Waals surface area contributed by atoms with Crippen LogP contribution in [0.3, 0.4) is 0 Å². The first-order valence-electron chi connectivity index (χ1n) is 6.59. The molecule has 104 valence electrons. The summed E-state index contributed by atoms with van der Waals surface area (Å²) in [5.41, 5.74) is 2.85. The van der Waals surface area contributed by atoms with Gasteiger partial charge >= 0.3 is 6.01 Å². The fourth-order valence-corrected chi connectivity index (χ4v) is 2.40. The highest BCUT2D eigenvalue weighted by molar-refractivity contribution is 5.42. The van der Waals surface area contributed by atoms with Gasteiger partial charge in [0.25, 0.3) is 0 Å². The molecule has 2 N–H and O–H groups in total. The number of benzene rings is 1. The van der Waals surface area contributed by atoms with Crippen LogP contribution in [0.4, 0.5) is 11.9 Å². The van der Waals surface area contributed by atoms with Crippen molar-refractivity contribution in [3.8, 4) is 6.01 Å². The van der Waals surface area contributed by atoms with Crippen LogP contribution in [0.1, 0.15) is 17.0 Å². The van der Waals surface area contributed by atoms with Crippen LogP contribution in [0.5, 0.6) is 6.01 Å². The molecule has 1 aliphatic rings. The van der Waals surface area contributed by atoms with E-state index in [-0.39, 0.29) is 0 Å². The van der Waals surface area contributed by atoms with E-state index >= 15 is 0 Å². The van der Waals surface area contributed by atoms with Crippen molar-refractivity contribution in [1.82, 2.24) is 15.0 Å². The average molecular weight is 271 g/mol. The molecule has 1 atom stereocenters. The monoisotopic (exact) mass is 271 g/mol. The Balaban J connectivity index is 1.67. The van der Waals surface area contributed by atoms with Gasteiger partial charge in [-0.2, -0.15) is 15.0 Å². The summed E-state index contributed by atoms with van der Waals surface area (Å²) >= 11 is 0. The molecule has 20 heavy (non-hydrogen) atoms. The highest BCUT2D eigenvalue weighted by Gasteiger charge is 2.25. The first-order valence-corrected chi connectivity index (χ1v) is 6.59. The van der Waals surface area contributed by atoms with E-state index in [2.05, 4.69) is 49.9 Å². The third kappa shape index (κ3) is 2.36. The zero-order valence-corrected chi connectivity index (χ0v) is 11.6. The molecular weight excluding hydrogens is 254 g/mol. The number of nitrogens with zero attached hydrogens (tertiary/aromatic N) is 3. The molecular formula is C14H17N5O. The van der Waals surface area contributed by atoms with Gasteiger partial charge in [0.2, 0.25) is 11.9 Å². The number of anilines is 2. The van der Waals surface area contributed by atoms with E-state index < -0.39 is 0 Å². The number of hydrogen-bond donors (Lipinski definition) is 2. The number of nitrogens with one attached hydrogen (secondary N) is 2. The van der Waals surface area contributed by atoms with Crippen molar-refractivity contribution in [3.63, 3.8) is 0 Å². The molecule has 1 aromatic heterocycles. The maximum atomic E-state index is 5.06. The lowest BCUT2D eigenvalue weighted by atomic mass is 9.78. The van der Waals surface area contributed by atoms with Gasteiger partial charge in [-0.3, -0.25) is 0 Å². The van der Waals surface area contributed by atoms with Gasteiger partial charge < -0.3 is 15.4 Å². The van der Waals surface area contributed by atoms with Gasteiger partial charge in [0.1, 0.15) is 0 Å². The van der Waals surface area contributed by atoms with Gasteiger partial charge in [-0.25, -0.2) is 0 Å². The standard InChI is InChI=1S/C14H17N5O/c1-15-12-17-13(19-14(18-12)20-2)16-8-10-7-9-5-3-4-6-11(9)10/h3-6,10H,7-8H2,1-2H3,(H2,15,16,17,18,19). The molecule has 0 fully saturated rings. The van der Waals surface area contributed by atoms with Crippen LogP contribution >= 0.6 is 0 Å². The Morgan fingerprint density at radius 3 is 2.75 bits per heavy atom. The predicted molar refractivity (Wildman–Crippen MR) is 77.3 cm³/mol. The summed E-state index contributed by atoms with van der Waals surface area (Å²) in [5.74, 6) is 1.55. The van der Waals surface area contributed by atoms with Crippen LogP contribution in [0.15, 0.2) is 24.3 Å². The third-order valence-electron chi connectivity index (χ3n) is 3.49. The van der Waals surface area contributed by atoms with Crippen molar-refractivity contribution < 1.29 is 4.74 Å². The number of fused-ring (bicyclic) bond motifs is 1. The number of ether oxygens (including phenoxy) is 1. The molecule has 1 heterocycles. The Labute approximate surface area is 117 Å². The van der Waals surface area contributed by atoms with Gasteiger partial charge in [-0.15, -0.1) is 0 Å². The molecule has 6 heteroatoms. The zero-order chi connectivity index (χ0) is 13.9. The summed E-state index contributed by atoms with van der Waals surface area (Å²) in [4.78, 5) is 12.5. The van der Waals surface area contributed by atoms with Crippen molar-refractivity contribution in [1.29, 1.82) is 0 Å². The highest BCUT2D eigenvalue weighted by atomic mass is 16.5. The molecule has 1 aliphatic carbocycles. The Bertz CT molecular complexity index is 594. The van der Waals surface area contributed by atoms with Gasteiger partial charge in [0.05, 0.1) is 7.11 Å². The molecule has 0 aliphatic heterocycles. The number of hydrogen-bond acceptors (Lipinski definition) is 6. The first-order chi connectivity index (χ1) is 9.80. The summed E-state index contributed by atoms with van der Waals surface area (Å²) in [6, 6.07) is 8.82. The maximum absolute atomic E-state index is 5.06. The second kappa shape index (κ2) is 5.32. The van der Waals surface area contributed by atoms with E-state index in [4.69, 9.17) is 4.74 Å². The van der Waals surface area contributed by atoms with Crippen LogP contribution in [0.25, 0.3) is 0 Å². The minimum absolute atomic E-state index is 0.306. The van der Waals surface area contributed by atoms with Gasteiger partial charge in [0.15, 0.2) is 0 Å². The molecule has 0 radical (unpaired) electrons. The lowest BCUT2D eigenvalue weighted by molar-refractivity contribution is 0.379. The van der Waals surface area contributed by atoms with Gasteiger partial charge in [-0.1, -0.05) is 24.3 Å². The van der Waals surface area contributed by atoms with E-state index in [0.717, 1.165) is 13.0 Å².